The highest BCUT2D eigenvalue weighted by molar-refractivity contribution is 7.96. The van der Waals surface area contributed by atoms with Crippen LogP contribution in [0.3, 0.4) is 0 Å². The lowest BCUT2D eigenvalue weighted by atomic mass is 9.98. The minimum atomic E-state index is -0.108. The topological polar surface area (TPSA) is 17.1 Å². The van der Waals surface area contributed by atoms with Crippen molar-refractivity contribution < 1.29 is 4.79 Å². The summed E-state index contributed by atoms with van der Waals surface area (Å²) in [4.78, 5) is 11.1. The minimum Gasteiger partial charge on any atom is -0.287 e. The highest BCUT2D eigenvalue weighted by Crippen LogP contribution is 2.23. The molecular formula is C14H12OS. The Bertz CT molecular complexity index is 491. The first-order valence-electron chi connectivity index (χ1n) is 5.12. The van der Waals surface area contributed by atoms with Crippen molar-refractivity contribution in [3.8, 4) is 11.1 Å². The molecule has 0 radical (unpaired) electrons. The van der Waals surface area contributed by atoms with E-state index in [1.54, 1.807) is 0 Å². The molecule has 2 aromatic carbocycles. The third-order valence-electron chi connectivity index (χ3n) is 2.44. The van der Waals surface area contributed by atoms with Gasteiger partial charge in [0.1, 0.15) is 0 Å². The van der Waals surface area contributed by atoms with Crippen molar-refractivity contribution in [2.24, 2.45) is 0 Å². The first-order valence-corrected chi connectivity index (χ1v) is 5.57. The van der Waals surface area contributed by atoms with Crippen LogP contribution < -0.4 is 0 Å². The van der Waals surface area contributed by atoms with Crippen LogP contribution in [0.5, 0.6) is 0 Å². The maximum atomic E-state index is 11.1. The standard InChI is InChI=1S/C14H12OS/c15-14(16)10-12-8-4-5-9-13(12)11-6-2-1-3-7-11/h1-9H,10H2,(H,15,16). The molecule has 0 N–H and O–H groups in total. The van der Waals surface area contributed by atoms with E-state index >= 15 is 0 Å². The number of benzene rings is 2. The molecule has 0 heterocycles. The molecule has 2 aromatic rings. The summed E-state index contributed by atoms with van der Waals surface area (Å²) in [5, 5.41) is -0.108. The normalized spacial score (nSPS) is 10.1. The van der Waals surface area contributed by atoms with E-state index in [0.717, 1.165) is 16.7 Å². The van der Waals surface area contributed by atoms with Crippen LogP contribution in [0.2, 0.25) is 0 Å². The van der Waals surface area contributed by atoms with Crippen molar-refractivity contribution in [2.45, 2.75) is 6.42 Å². The van der Waals surface area contributed by atoms with E-state index in [1.807, 2.05) is 54.6 Å². The number of rotatable bonds is 3. The number of carbonyl (C=O) groups is 1. The molecule has 1 nitrogen and oxygen atoms in total. The Morgan fingerprint density at radius 2 is 1.56 bits per heavy atom. The largest absolute Gasteiger partial charge is 0.287 e. The van der Waals surface area contributed by atoms with Gasteiger partial charge in [-0.3, -0.25) is 4.79 Å². The highest BCUT2D eigenvalue weighted by atomic mass is 32.1. The zero-order chi connectivity index (χ0) is 11.4. The molecule has 0 bridgehead atoms. The minimum absolute atomic E-state index is 0.108. The van der Waals surface area contributed by atoms with Gasteiger partial charge in [-0.1, -0.05) is 54.6 Å². The second-order valence-electron chi connectivity index (χ2n) is 3.59. The van der Waals surface area contributed by atoms with Crippen molar-refractivity contribution in [2.75, 3.05) is 0 Å². The van der Waals surface area contributed by atoms with Crippen LogP contribution >= 0.6 is 12.6 Å². The molecule has 2 heteroatoms. The van der Waals surface area contributed by atoms with Crippen molar-refractivity contribution in [1.82, 2.24) is 0 Å². The van der Waals surface area contributed by atoms with Gasteiger partial charge in [-0.05, 0) is 16.7 Å². The summed E-state index contributed by atoms with van der Waals surface area (Å²) in [6.07, 6.45) is 0.369. The number of hydrogen-bond donors (Lipinski definition) is 1. The summed E-state index contributed by atoms with van der Waals surface area (Å²) >= 11 is 3.83. The van der Waals surface area contributed by atoms with Gasteiger partial charge in [0.25, 0.3) is 0 Å². The molecule has 0 atom stereocenters. The molecule has 0 spiro atoms. The fraction of sp³-hybridized carbons (Fsp3) is 0.0714. The molecule has 80 valence electrons. The Morgan fingerprint density at radius 1 is 0.938 bits per heavy atom. The molecule has 16 heavy (non-hydrogen) atoms. The maximum absolute atomic E-state index is 11.1. The van der Waals surface area contributed by atoms with Gasteiger partial charge < -0.3 is 0 Å². The van der Waals surface area contributed by atoms with Gasteiger partial charge in [-0.15, -0.1) is 12.6 Å². The second-order valence-corrected chi connectivity index (χ2v) is 4.09. The lowest BCUT2D eigenvalue weighted by Crippen LogP contribution is -1.96. The van der Waals surface area contributed by atoms with E-state index in [0.29, 0.717) is 6.42 Å². The van der Waals surface area contributed by atoms with E-state index < -0.39 is 0 Å². The van der Waals surface area contributed by atoms with Gasteiger partial charge in [0.2, 0.25) is 0 Å². The molecule has 0 fully saturated rings. The Hall–Kier alpha value is -1.54. The quantitative estimate of drug-likeness (QED) is 0.797. The fourth-order valence-corrected chi connectivity index (χ4v) is 1.91. The number of carbonyl (C=O) groups excluding carboxylic acids is 1. The number of thiol groups is 1. The summed E-state index contributed by atoms with van der Waals surface area (Å²) in [6, 6.07) is 18.0. The Labute approximate surface area is 101 Å². The zero-order valence-corrected chi connectivity index (χ0v) is 9.65. The molecule has 0 aromatic heterocycles. The predicted molar refractivity (Wildman–Crippen MR) is 69.6 cm³/mol. The summed E-state index contributed by atoms with van der Waals surface area (Å²) in [6.45, 7) is 0. The lowest BCUT2D eigenvalue weighted by Gasteiger charge is -2.07. The average molecular weight is 228 g/mol. The van der Waals surface area contributed by atoms with Gasteiger partial charge >= 0.3 is 0 Å². The first-order chi connectivity index (χ1) is 7.77. The van der Waals surface area contributed by atoms with E-state index in [-0.39, 0.29) is 5.12 Å². The third kappa shape index (κ3) is 2.52. The molecule has 0 aliphatic rings. The smallest absolute Gasteiger partial charge is 0.190 e. The monoisotopic (exact) mass is 228 g/mol. The maximum Gasteiger partial charge on any atom is 0.190 e. The van der Waals surface area contributed by atoms with Crippen LogP contribution in [0, 0.1) is 0 Å². The van der Waals surface area contributed by atoms with Crippen LogP contribution in [0.15, 0.2) is 54.6 Å². The van der Waals surface area contributed by atoms with Crippen molar-refractivity contribution in [3.05, 3.63) is 60.2 Å². The highest BCUT2D eigenvalue weighted by Gasteiger charge is 2.05. The second kappa shape index (κ2) is 4.99. The molecule has 0 aliphatic carbocycles. The molecule has 0 saturated heterocycles. The van der Waals surface area contributed by atoms with Crippen LogP contribution in [-0.4, -0.2) is 5.12 Å². The van der Waals surface area contributed by atoms with E-state index in [1.165, 1.54) is 0 Å². The molecule has 0 aliphatic heterocycles. The fourth-order valence-electron chi connectivity index (χ4n) is 1.74. The summed E-state index contributed by atoms with van der Waals surface area (Å²) in [5.74, 6) is 0. The van der Waals surface area contributed by atoms with Crippen molar-refractivity contribution >= 4 is 17.7 Å². The average Bonchev–Trinajstić information content (AvgIpc) is 2.30. The summed E-state index contributed by atoms with van der Waals surface area (Å²) in [7, 11) is 0. The van der Waals surface area contributed by atoms with Crippen molar-refractivity contribution in [3.63, 3.8) is 0 Å². The SMILES string of the molecule is O=C(S)Cc1ccccc1-c1ccccc1. The molecule has 2 rings (SSSR count). The van der Waals surface area contributed by atoms with Crippen LogP contribution in [0.25, 0.3) is 11.1 Å². The van der Waals surface area contributed by atoms with E-state index in [9.17, 15) is 4.79 Å². The van der Waals surface area contributed by atoms with Crippen molar-refractivity contribution in [1.29, 1.82) is 0 Å². The van der Waals surface area contributed by atoms with E-state index in [2.05, 4.69) is 12.6 Å². The summed E-state index contributed by atoms with van der Waals surface area (Å²) < 4.78 is 0. The van der Waals surface area contributed by atoms with Gasteiger partial charge in [0.15, 0.2) is 5.12 Å². The molecule has 0 amide bonds. The van der Waals surface area contributed by atoms with Gasteiger partial charge in [0, 0.05) is 6.42 Å². The zero-order valence-electron chi connectivity index (χ0n) is 8.76. The third-order valence-corrected chi connectivity index (χ3v) is 2.60. The van der Waals surface area contributed by atoms with Gasteiger partial charge in [-0.25, -0.2) is 0 Å². The van der Waals surface area contributed by atoms with E-state index in [4.69, 9.17) is 0 Å². The Morgan fingerprint density at radius 3 is 2.25 bits per heavy atom. The lowest BCUT2D eigenvalue weighted by molar-refractivity contribution is -0.110. The van der Waals surface area contributed by atoms with Gasteiger partial charge in [-0.2, -0.15) is 0 Å². The van der Waals surface area contributed by atoms with Crippen LogP contribution in [0.1, 0.15) is 5.56 Å². The number of hydrogen-bond acceptors (Lipinski definition) is 1. The van der Waals surface area contributed by atoms with Crippen LogP contribution in [0.4, 0.5) is 0 Å². The molecular weight excluding hydrogens is 216 g/mol. The first kappa shape index (κ1) is 11.0. The summed E-state index contributed by atoms with van der Waals surface area (Å²) in [5.41, 5.74) is 3.26. The predicted octanol–water partition coefficient (Wildman–Crippen LogP) is 3.35. The molecule has 0 unspecified atom stereocenters. The Balaban J connectivity index is 2.44. The Kier molecular flexibility index (Phi) is 3.42. The van der Waals surface area contributed by atoms with Crippen LogP contribution in [-0.2, 0) is 11.2 Å². The molecule has 0 saturated carbocycles. The van der Waals surface area contributed by atoms with Gasteiger partial charge in [0.05, 0.1) is 0 Å².